The molecule has 2 heterocycles. The number of aromatic nitrogens is 3. The van der Waals surface area contributed by atoms with E-state index in [4.69, 9.17) is 10.5 Å². The molecule has 3 rings (SSSR count). The van der Waals surface area contributed by atoms with Crippen molar-refractivity contribution in [3.63, 3.8) is 0 Å². The number of rotatable bonds is 3. The zero-order valence-corrected chi connectivity index (χ0v) is 11.0. The van der Waals surface area contributed by atoms with Crippen LogP contribution in [0.2, 0.25) is 0 Å². The van der Waals surface area contributed by atoms with Crippen molar-refractivity contribution in [2.75, 3.05) is 7.11 Å². The van der Waals surface area contributed by atoms with Gasteiger partial charge in [-0.05, 0) is 24.1 Å². The molecule has 1 aromatic heterocycles. The molecule has 0 radical (unpaired) electrons. The highest BCUT2D eigenvalue weighted by atomic mass is 16.5. The van der Waals surface area contributed by atoms with E-state index in [1.54, 1.807) is 7.11 Å². The molecule has 0 fully saturated rings. The molecule has 1 aromatic carbocycles. The van der Waals surface area contributed by atoms with E-state index in [1.807, 2.05) is 22.9 Å². The Bertz CT molecular complexity index is 579. The van der Waals surface area contributed by atoms with Gasteiger partial charge >= 0.3 is 0 Å². The number of nitrogens with two attached hydrogens (primary N) is 1. The average Bonchev–Trinajstić information content (AvgIpc) is 2.80. The summed E-state index contributed by atoms with van der Waals surface area (Å²) in [5.74, 6) is 2.78. The molecule has 0 aliphatic carbocycles. The maximum atomic E-state index is 5.94. The lowest BCUT2D eigenvalue weighted by molar-refractivity contribution is 0.414. The third-order valence-corrected chi connectivity index (χ3v) is 3.43. The van der Waals surface area contributed by atoms with Gasteiger partial charge < -0.3 is 10.5 Å². The molecule has 5 heteroatoms. The number of nitrogens with zero attached hydrogens (tertiary/aromatic N) is 3. The number of methoxy groups -OCH3 is 1. The van der Waals surface area contributed by atoms with Crippen LogP contribution < -0.4 is 10.5 Å². The molecule has 0 spiro atoms. The van der Waals surface area contributed by atoms with Crippen LogP contribution in [0.5, 0.6) is 5.75 Å². The summed E-state index contributed by atoms with van der Waals surface area (Å²) in [5.41, 5.74) is 7.10. The molecular formula is C14H18N4O. The summed E-state index contributed by atoms with van der Waals surface area (Å²) in [7, 11) is 1.67. The van der Waals surface area contributed by atoms with Crippen molar-refractivity contribution in [1.82, 2.24) is 14.8 Å². The minimum Gasteiger partial charge on any atom is -0.497 e. The number of fused-ring (bicyclic) bond motifs is 1. The van der Waals surface area contributed by atoms with Gasteiger partial charge in [0.25, 0.3) is 0 Å². The molecule has 1 aliphatic rings. The third-order valence-electron chi connectivity index (χ3n) is 3.43. The molecule has 1 atom stereocenters. The van der Waals surface area contributed by atoms with E-state index >= 15 is 0 Å². The van der Waals surface area contributed by atoms with Crippen LogP contribution in [0.25, 0.3) is 0 Å². The van der Waals surface area contributed by atoms with Crippen LogP contribution >= 0.6 is 0 Å². The van der Waals surface area contributed by atoms with E-state index in [2.05, 4.69) is 16.1 Å². The second-order valence-corrected chi connectivity index (χ2v) is 4.95. The van der Waals surface area contributed by atoms with Crippen LogP contribution in [-0.2, 0) is 19.4 Å². The summed E-state index contributed by atoms with van der Waals surface area (Å²) in [6, 6.07) is 8.22. The van der Waals surface area contributed by atoms with Crippen molar-refractivity contribution in [2.45, 2.75) is 31.8 Å². The molecule has 2 aromatic rings. The first-order valence-corrected chi connectivity index (χ1v) is 6.55. The van der Waals surface area contributed by atoms with E-state index in [1.165, 1.54) is 0 Å². The molecule has 1 unspecified atom stereocenters. The minimum absolute atomic E-state index is 0.207. The lowest BCUT2D eigenvalue weighted by atomic mass is 10.1. The molecule has 0 saturated heterocycles. The fraction of sp³-hybridized carbons (Fsp3) is 0.429. The molecule has 100 valence electrons. The SMILES string of the molecule is COc1cccc(Cc2nc3n(n2)CC(N)CC3)c1. The van der Waals surface area contributed by atoms with Crippen LogP contribution in [0.3, 0.4) is 0 Å². The van der Waals surface area contributed by atoms with Gasteiger partial charge in [0.2, 0.25) is 0 Å². The molecule has 19 heavy (non-hydrogen) atoms. The second kappa shape index (κ2) is 5.01. The smallest absolute Gasteiger partial charge is 0.155 e. The monoisotopic (exact) mass is 258 g/mol. The summed E-state index contributed by atoms with van der Waals surface area (Å²) in [4.78, 5) is 4.59. The van der Waals surface area contributed by atoms with E-state index in [-0.39, 0.29) is 6.04 Å². The van der Waals surface area contributed by atoms with Crippen molar-refractivity contribution in [1.29, 1.82) is 0 Å². The summed E-state index contributed by atoms with van der Waals surface area (Å²) in [5, 5.41) is 4.54. The average molecular weight is 258 g/mol. The topological polar surface area (TPSA) is 66.0 Å². The van der Waals surface area contributed by atoms with Crippen molar-refractivity contribution in [2.24, 2.45) is 5.73 Å². The Labute approximate surface area is 112 Å². The summed E-state index contributed by atoms with van der Waals surface area (Å²) >= 11 is 0. The molecule has 1 aliphatic heterocycles. The predicted octanol–water partition coefficient (Wildman–Crippen LogP) is 1.15. The van der Waals surface area contributed by atoms with Gasteiger partial charge in [-0.25, -0.2) is 9.67 Å². The van der Waals surface area contributed by atoms with Gasteiger partial charge in [0.1, 0.15) is 11.6 Å². The molecule has 5 nitrogen and oxygen atoms in total. The Kier molecular flexibility index (Phi) is 3.21. The maximum Gasteiger partial charge on any atom is 0.155 e. The normalized spacial score (nSPS) is 18.1. The second-order valence-electron chi connectivity index (χ2n) is 4.95. The Morgan fingerprint density at radius 3 is 3.21 bits per heavy atom. The van der Waals surface area contributed by atoms with Gasteiger partial charge in [-0.1, -0.05) is 12.1 Å². The fourth-order valence-corrected chi connectivity index (χ4v) is 2.43. The van der Waals surface area contributed by atoms with Gasteiger partial charge in [0.15, 0.2) is 5.82 Å². The third kappa shape index (κ3) is 2.61. The van der Waals surface area contributed by atoms with Gasteiger partial charge in [-0.15, -0.1) is 0 Å². The summed E-state index contributed by atoms with van der Waals surface area (Å²) in [6.45, 7) is 0.778. The highest BCUT2D eigenvalue weighted by Gasteiger charge is 2.18. The number of ether oxygens (including phenoxy) is 1. The first-order chi connectivity index (χ1) is 9.24. The quantitative estimate of drug-likeness (QED) is 0.897. The zero-order chi connectivity index (χ0) is 13.2. The Hall–Kier alpha value is -1.88. The molecular weight excluding hydrogens is 240 g/mol. The Morgan fingerprint density at radius 1 is 1.47 bits per heavy atom. The van der Waals surface area contributed by atoms with Crippen LogP contribution in [0, 0.1) is 0 Å². The lowest BCUT2D eigenvalue weighted by Crippen LogP contribution is -2.32. The molecule has 0 saturated carbocycles. The Balaban J connectivity index is 1.80. The van der Waals surface area contributed by atoms with E-state index in [0.29, 0.717) is 0 Å². The van der Waals surface area contributed by atoms with Gasteiger partial charge in [0.05, 0.1) is 13.7 Å². The predicted molar refractivity (Wildman–Crippen MR) is 72.1 cm³/mol. The Morgan fingerprint density at radius 2 is 2.37 bits per heavy atom. The molecule has 0 amide bonds. The van der Waals surface area contributed by atoms with Gasteiger partial charge in [-0.3, -0.25) is 0 Å². The summed E-state index contributed by atoms with van der Waals surface area (Å²) in [6.07, 6.45) is 2.65. The van der Waals surface area contributed by atoms with Crippen LogP contribution in [-0.4, -0.2) is 27.9 Å². The van der Waals surface area contributed by atoms with Gasteiger partial charge in [0, 0.05) is 18.9 Å². The largest absolute Gasteiger partial charge is 0.497 e. The molecule has 2 N–H and O–H groups in total. The molecule has 0 bridgehead atoms. The minimum atomic E-state index is 0.207. The maximum absolute atomic E-state index is 5.94. The van der Waals surface area contributed by atoms with Crippen molar-refractivity contribution < 1.29 is 4.74 Å². The first kappa shape index (κ1) is 12.2. The van der Waals surface area contributed by atoms with Crippen LogP contribution in [0.4, 0.5) is 0 Å². The van der Waals surface area contributed by atoms with Crippen LogP contribution in [0.1, 0.15) is 23.6 Å². The van der Waals surface area contributed by atoms with E-state index in [0.717, 1.165) is 48.8 Å². The van der Waals surface area contributed by atoms with E-state index < -0.39 is 0 Å². The van der Waals surface area contributed by atoms with Crippen molar-refractivity contribution in [3.8, 4) is 5.75 Å². The zero-order valence-electron chi connectivity index (χ0n) is 11.0. The first-order valence-electron chi connectivity index (χ1n) is 6.55. The lowest BCUT2D eigenvalue weighted by Gasteiger charge is -2.17. The summed E-state index contributed by atoms with van der Waals surface area (Å²) < 4.78 is 7.17. The number of hydrogen-bond donors (Lipinski definition) is 1. The standard InChI is InChI=1S/C14H18N4O/c1-19-12-4-2-3-10(7-12)8-13-16-14-6-5-11(15)9-18(14)17-13/h2-4,7,11H,5-6,8-9,15H2,1H3. The van der Waals surface area contributed by atoms with E-state index in [9.17, 15) is 0 Å². The highest BCUT2D eigenvalue weighted by Crippen LogP contribution is 2.17. The highest BCUT2D eigenvalue weighted by molar-refractivity contribution is 5.30. The number of benzene rings is 1. The fourth-order valence-electron chi connectivity index (χ4n) is 2.43. The van der Waals surface area contributed by atoms with Crippen LogP contribution in [0.15, 0.2) is 24.3 Å². The van der Waals surface area contributed by atoms with Gasteiger partial charge in [-0.2, -0.15) is 5.10 Å². The number of hydrogen-bond acceptors (Lipinski definition) is 4. The van der Waals surface area contributed by atoms with Crippen molar-refractivity contribution >= 4 is 0 Å². The van der Waals surface area contributed by atoms with Crippen molar-refractivity contribution in [3.05, 3.63) is 41.5 Å². The number of aryl methyl sites for hydroxylation is 1.